The molecule has 1 aromatic carbocycles. The number of ether oxygens (including phenoxy) is 1. The zero-order chi connectivity index (χ0) is 15.0. The molecule has 0 bridgehead atoms. The number of carbonyl (C=O) groups excluding carboxylic acids is 1. The monoisotopic (exact) mass is 287 g/mol. The number of halogens is 3. The smallest absolute Gasteiger partial charge is 0.429 e. The molecule has 1 aromatic rings. The van der Waals surface area contributed by atoms with E-state index in [1.54, 1.807) is 18.2 Å². The Morgan fingerprint density at radius 2 is 1.75 bits per heavy atom. The third-order valence-corrected chi connectivity index (χ3v) is 2.62. The normalized spacial score (nSPS) is 12.3. The first-order chi connectivity index (χ1) is 9.43. The molecule has 0 aliphatic rings. The molecule has 6 heteroatoms. The Hall–Kier alpha value is -1.85. The standard InChI is InChI=1S/C14H16F3NO2/c1-20-13(19)10-6-5-9-12(14(15,16)17)18-11-7-3-2-4-8-11/h2-4,7-8H,5-6,9-10H2,1H3. The van der Waals surface area contributed by atoms with Crippen LogP contribution in [0.2, 0.25) is 0 Å². The van der Waals surface area contributed by atoms with Gasteiger partial charge >= 0.3 is 12.1 Å². The highest BCUT2D eigenvalue weighted by Gasteiger charge is 2.34. The Kier molecular flexibility index (Phi) is 6.21. The predicted molar refractivity (Wildman–Crippen MR) is 70.1 cm³/mol. The molecule has 1 rings (SSSR count). The molecule has 0 amide bonds. The number of hydrogen-bond donors (Lipinski definition) is 0. The molecular weight excluding hydrogens is 271 g/mol. The van der Waals surface area contributed by atoms with Crippen molar-refractivity contribution in [3.63, 3.8) is 0 Å². The molecule has 0 heterocycles. The lowest BCUT2D eigenvalue weighted by Gasteiger charge is -2.10. The van der Waals surface area contributed by atoms with Crippen LogP contribution in [-0.4, -0.2) is 25.0 Å². The maximum Gasteiger partial charge on any atom is 0.429 e. The van der Waals surface area contributed by atoms with Crippen molar-refractivity contribution in [2.75, 3.05) is 7.11 Å². The molecule has 0 aromatic heterocycles. The molecule has 0 aliphatic carbocycles. The fourth-order valence-electron chi connectivity index (χ4n) is 1.58. The van der Waals surface area contributed by atoms with Gasteiger partial charge in [-0.05, 0) is 31.4 Å². The van der Waals surface area contributed by atoms with E-state index < -0.39 is 17.9 Å². The molecule has 110 valence electrons. The molecule has 0 fully saturated rings. The summed E-state index contributed by atoms with van der Waals surface area (Å²) >= 11 is 0. The molecule has 0 aliphatic heterocycles. The number of carbonyl (C=O) groups is 1. The van der Waals surface area contributed by atoms with Gasteiger partial charge in [-0.3, -0.25) is 4.79 Å². The molecule has 0 radical (unpaired) electrons. The second-order valence-corrected chi connectivity index (χ2v) is 4.18. The first kappa shape index (κ1) is 16.2. The van der Waals surface area contributed by atoms with Gasteiger partial charge < -0.3 is 4.74 Å². The van der Waals surface area contributed by atoms with Crippen molar-refractivity contribution in [3.8, 4) is 0 Å². The van der Waals surface area contributed by atoms with Crippen LogP contribution >= 0.6 is 0 Å². The van der Waals surface area contributed by atoms with E-state index in [1.165, 1.54) is 19.2 Å². The molecule has 0 N–H and O–H groups in total. The SMILES string of the molecule is COC(=O)CCCCC(=Nc1ccccc1)C(F)(F)F. The van der Waals surface area contributed by atoms with Crippen molar-refractivity contribution >= 4 is 17.4 Å². The number of aliphatic imine (C=N–C) groups is 1. The summed E-state index contributed by atoms with van der Waals surface area (Å²) in [4.78, 5) is 14.5. The maximum atomic E-state index is 12.8. The van der Waals surface area contributed by atoms with E-state index in [1.807, 2.05) is 0 Å². The van der Waals surface area contributed by atoms with Crippen LogP contribution in [0, 0.1) is 0 Å². The number of rotatable bonds is 6. The number of esters is 1. The van der Waals surface area contributed by atoms with Crippen LogP contribution in [0.4, 0.5) is 18.9 Å². The largest absolute Gasteiger partial charge is 0.469 e. The number of unbranched alkanes of at least 4 members (excludes halogenated alkanes) is 1. The third-order valence-electron chi connectivity index (χ3n) is 2.62. The van der Waals surface area contributed by atoms with Gasteiger partial charge in [0.25, 0.3) is 0 Å². The summed E-state index contributed by atoms with van der Waals surface area (Å²) in [5, 5.41) is 0. The van der Waals surface area contributed by atoms with Crippen molar-refractivity contribution in [1.29, 1.82) is 0 Å². The van der Waals surface area contributed by atoms with Gasteiger partial charge in [-0.15, -0.1) is 0 Å². The number of benzene rings is 1. The number of alkyl halides is 3. The minimum atomic E-state index is -4.46. The molecule has 0 saturated heterocycles. The Morgan fingerprint density at radius 1 is 1.15 bits per heavy atom. The first-order valence-electron chi connectivity index (χ1n) is 6.20. The first-order valence-corrected chi connectivity index (χ1v) is 6.20. The van der Waals surface area contributed by atoms with Gasteiger partial charge in [0.05, 0.1) is 12.8 Å². The second-order valence-electron chi connectivity index (χ2n) is 4.18. The number of para-hydroxylation sites is 1. The number of methoxy groups -OCH3 is 1. The minimum Gasteiger partial charge on any atom is -0.469 e. The van der Waals surface area contributed by atoms with Crippen LogP contribution in [-0.2, 0) is 9.53 Å². The fourth-order valence-corrected chi connectivity index (χ4v) is 1.58. The quantitative estimate of drug-likeness (QED) is 0.449. The van der Waals surface area contributed by atoms with Crippen LogP contribution in [0.3, 0.4) is 0 Å². The average Bonchev–Trinajstić information content (AvgIpc) is 2.41. The molecule has 20 heavy (non-hydrogen) atoms. The van der Waals surface area contributed by atoms with Crippen LogP contribution < -0.4 is 0 Å². The fraction of sp³-hybridized carbons (Fsp3) is 0.429. The van der Waals surface area contributed by atoms with E-state index in [0.29, 0.717) is 6.42 Å². The van der Waals surface area contributed by atoms with Crippen molar-refractivity contribution in [3.05, 3.63) is 30.3 Å². The van der Waals surface area contributed by atoms with Crippen LogP contribution in [0.1, 0.15) is 25.7 Å². The van der Waals surface area contributed by atoms with Crippen LogP contribution in [0.5, 0.6) is 0 Å². The van der Waals surface area contributed by atoms with Crippen LogP contribution in [0.15, 0.2) is 35.3 Å². The zero-order valence-corrected chi connectivity index (χ0v) is 11.1. The van der Waals surface area contributed by atoms with Gasteiger partial charge in [0.15, 0.2) is 0 Å². The lowest BCUT2D eigenvalue weighted by atomic mass is 10.1. The Balaban J connectivity index is 2.63. The molecule has 0 saturated carbocycles. The Bertz CT molecular complexity index is 455. The van der Waals surface area contributed by atoms with Gasteiger partial charge in [-0.1, -0.05) is 18.2 Å². The summed E-state index contributed by atoms with van der Waals surface area (Å²) in [6.07, 6.45) is -3.97. The summed E-state index contributed by atoms with van der Waals surface area (Å²) in [6, 6.07) is 8.00. The van der Waals surface area contributed by atoms with E-state index >= 15 is 0 Å². The summed E-state index contributed by atoms with van der Waals surface area (Å²) in [7, 11) is 1.25. The van der Waals surface area contributed by atoms with Gasteiger partial charge in [0.1, 0.15) is 5.71 Å². The van der Waals surface area contributed by atoms with Crippen molar-refractivity contribution < 1.29 is 22.7 Å². The molecular formula is C14H16F3NO2. The topological polar surface area (TPSA) is 38.7 Å². The van der Waals surface area contributed by atoms with E-state index in [0.717, 1.165) is 0 Å². The minimum absolute atomic E-state index is 0.118. The summed E-state index contributed by atoms with van der Waals surface area (Å²) in [6.45, 7) is 0. The zero-order valence-electron chi connectivity index (χ0n) is 11.1. The summed E-state index contributed by atoms with van der Waals surface area (Å²) < 4.78 is 42.9. The number of nitrogens with zero attached hydrogens (tertiary/aromatic N) is 1. The van der Waals surface area contributed by atoms with Crippen molar-refractivity contribution in [2.45, 2.75) is 31.9 Å². The number of hydrogen-bond acceptors (Lipinski definition) is 3. The second kappa shape index (κ2) is 7.67. The molecule has 0 spiro atoms. The highest BCUT2D eigenvalue weighted by atomic mass is 19.4. The molecule has 3 nitrogen and oxygen atoms in total. The van der Waals surface area contributed by atoms with E-state index in [9.17, 15) is 18.0 Å². The van der Waals surface area contributed by atoms with Crippen molar-refractivity contribution in [1.82, 2.24) is 0 Å². The maximum absolute atomic E-state index is 12.8. The lowest BCUT2D eigenvalue weighted by molar-refractivity contribution is -0.140. The Morgan fingerprint density at radius 3 is 2.30 bits per heavy atom. The van der Waals surface area contributed by atoms with Gasteiger partial charge in [0.2, 0.25) is 0 Å². The Labute approximate surface area is 115 Å². The van der Waals surface area contributed by atoms with Gasteiger partial charge in [-0.25, -0.2) is 4.99 Å². The third kappa shape index (κ3) is 5.86. The van der Waals surface area contributed by atoms with Crippen LogP contribution in [0.25, 0.3) is 0 Å². The van der Waals surface area contributed by atoms with Crippen molar-refractivity contribution in [2.24, 2.45) is 4.99 Å². The van der Waals surface area contributed by atoms with Gasteiger partial charge in [-0.2, -0.15) is 13.2 Å². The highest BCUT2D eigenvalue weighted by Crippen LogP contribution is 2.24. The summed E-state index contributed by atoms with van der Waals surface area (Å²) in [5.41, 5.74) is -0.554. The van der Waals surface area contributed by atoms with Gasteiger partial charge in [0, 0.05) is 6.42 Å². The molecule has 0 atom stereocenters. The average molecular weight is 287 g/mol. The summed E-state index contributed by atoms with van der Waals surface area (Å²) in [5.74, 6) is -0.418. The molecule has 0 unspecified atom stereocenters. The lowest BCUT2D eigenvalue weighted by Crippen LogP contribution is -2.22. The predicted octanol–water partition coefficient (Wildman–Crippen LogP) is 4.05. The van der Waals surface area contributed by atoms with E-state index in [2.05, 4.69) is 9.73 Å². The van der Waals surface area contributed by atoms with E-state index in [-0.39, 0.29) is 24.9 Å². The van der Waals surface area contributed by atoms with E-state index in [4.69, 9.17) is 0 Å². The highest BCUT2D eigenvalue weighted by molar-refractivity contribution is 5.91.